The molecule has 0 saturated heterocycles. The maximum Gasteiger partial charge on any atom is 0.140 e. The van der Waals surface area contributed by atoms with Crippen molar-refractivity contribution in [3.63, 3.8) is 0 Å². The fourth-order valence-electron chi connectivity index (χ4n) is 1.24. The minimum atomic E-state index is 0.560. The topological polar surface area (TPSA) is 22.1 Å². The monoisotopic (exact) mass is 193 g/mol. The predicted molar refractivity (Wildman–Crippen MR) is 58.6 cm³/mol. The Balaban J connectivity index is 2.64. The van der Waals surface area contributed by atoms with Crippen molar-refractivity contribution in [2.24, 2.45) is 5.92 Å². The second-order valence-corrected chi connectivity index (χ2v) is 3.90. The summed E-state index contributed by atoms with van der Waals surface area (Å²) in [6, 6.07) is 3.93. The van der Waals surface area contributed by atoms with Crippen molar-refractivity contribution in [3.05, 3.63) is 24.0 Å². The number of aromatic nitrogens is 1. The smallest absolute Gasteiger partial charge is 0.140 e. The fraction of sp³-hybridized carbons (Fsp3) is 0.583. The Morgan fingerprint density at radius 2 is 2.21 bits per heavy atom. The third kappa shape index (κ3) is 3.36. The van der Waals surface area contributed by atoms with Gasteiger partial charge in [-0.05, 0) is 24.5 Å². The van der Waals surface area contributed by atoms with Gasteiger partial charge in [0.25, 0.3) is 0 Å². The maximum atomic E-state index is 5.69. The van der Waals surface area contributed by atoms with Crippen LogP contribution in [0.25, 0.3) is 0 Å². The van der Waals surface area contributed by atoms with Crippen LogP contribution in [-0.4, -0.2) is 11.6 Å². The summed E-state index contributed by atoms with van der Waals surface area (Å²) in [7, 11) is 0. The molecule has 0 amide bonds. The fourth-order valence-corrected chi connectivity index (χ4v) is 1.24. The van der Waals surface area contributed by atoms with E-state index in [-0.39, 0.29) is 0 Å². The van der Waals surface area contributed by atoms with E-state index in [1.807, 2.05) is 18.3 Å². The maximum absolute atomic E-state index is 5.69. The Morgan fingerprint density at radius 1 is 1.43 bits per heavy atom. The first-order valence-corrected chi connectivity index (χ1v) is 5.30. The third-order valence-corrected chi connectivity index (χ3v) is 1.91. The molecule has 1 aromatic heterocycles. The van der Waals surface area contributed by atoms with Crippen molar-refractivity contribution in [1.82, 2.24) is 4.98 Å². The Hall–Kier alpha value is -1.05. The number of hydrogen-bond donors (Lipinski definition) is 0. The number of nitrogens with zero attached hydrogens (tertiary/aromatic N) is 1. The standard InChI is InChI=1S/C12H19NO/c1-4-6-11-12(7-5-8-13-11)14-9-10(2)3/h5,7-8,10H,4,6,9H2,1-3H3. The quantitative estimate of drug-likeness (QED) is 0.717. The molecule has 0 aliphatic heterocycles. The first-order chi connectivity index (χ1) is 6.74. The molecule has 14 heavy (non-hydrogen) atoms. The van der Waals surface area contributed by atoms with E-state index in [0.717, 1.165) is 30.9 Å². The predicted octanol–water partition coefficient (Wildman–Crippen LogP) is 3.07. The Bertz CT molecular complexity index is 271. The SMILES string of the molecule is CCCc1ncccc1OCC(C)C. The zero-order chi connectivity index (χ0) is 10.4. The van der Waals surface area contributed by atoms with E-state index < -0.39 is 0 Å². The van der Waals surface area contributed by atoms with E-state index in [0.29, 0.717) is 5.92 Å². The minimum Gasteiger partial charge on any atom is -0.491 e. The molecular weight excluding hydrogens is 174 g/mol. The van der Waals surface area contributed by atoms with Gasteiger partial charge in [-0.15, -0.1) is 0 Å². The Morgan fingerprint density at radius 3 is 2.86 bits per heavy atom. The van der Waals surface area contributed by atoms with Crippen LogP contribution in [0.4, 0.5) is 0 Å². The zero-order valence-electron chi connectivity index (χ0n) is 9.29. The molecule has 2 heteroatoms. The molecule has 0 N–H and O–H groups in total. The van der Waals surface area contributed by atoms with Gasteiger partial charge in [0, 0.05) is 6.20 Å². The number of ether oxygens (including phenoxy) is 1. The Kier molecular flexibility index (Phi) is 4.44. The van der Waals surface area contributed by atoms with Crippen LogP contribution in [0.1, 0.15) is 32.9 Å². The number of rotatable bonds is 5. The molecule has 78 valence electrons. The summed E-state index contributed by atoms with van der Waals surface area (Å²) >= 11 is 0. The lowest BCUT2D eigenvalue weighted by Gasteiger charge is -2.11. The third-order valence-electron chi connectivity index (χ3n) is 1.91. The van der Waals surface area contributed by atoms with Crippen LogP contribution in [0.15, 0.2) is 18.3 Å². The van der Waals surface area contributed by atoms with Gasteiger partial charge in [0.15, 0.2) is 0 Å². The van der Waals surface area contributed by atoms with E-state index >= 15 is 0 Å². The van der Waals surface area contributed by atoms with Crippen LogP contribution in [0, 0.1) is 5.92 Å². The molecule has 1 heterocycles. The second kappa shape index (κ2) is 5.63. The van der Waals surface area contributed by atoms with Crippen LogP contribution in [0.3, 0.4) is 0 Å². The van der Waals surface area contributed by atoms with E-state index in [4.69, 9.17) is 4.74 Å². The van der Waals surface area contributed by atoms with Gasteiger partial charge in [-0.2, -0.15) is 0 Å². The summed E-state index contributed by atoms with van der Waals surface area (Å²) in [6.45, 7) is 7.22. The lowest BCUT2D eigenvalue weighted by molar-refractivity contribution is 0.267. The summed E-state index contributed by atoms with van der Waals surface area (Å²) in [5, 5.41) is 0. The molecule has 0 aliphatic rings. The number of aryl methyl sites for hydroxylation is 1. The zero-order valence-corrected chi connectivity index (χ0v) is 9.29. The first kappa shape index (κ1) is 11.0. The van der Waals surface area contributed by atoms with Crippen LogP contribution in [0.2, 0.25) is 0 Å². The summed E-state index contributed by atoms with van der Waals surface area (Å²) in [6.07, 6.45) is 3.93. The van der Waals surface area contributed by atoms with Crippen LogP contribution < -0.4 is 4.74 Å². The highest BCUT2D eigenvalue weighted by molar-refractivity contribution is 5.26. The van der Waals surface area contributed by atoms with E-state index in [2.05, 4.69) is 25.8 Å². The molecular formula is C12H19NO. The van der Waals surface area contributed by atoms with Crippen molar-refractivity contribution < 1.29 is 4.74 Å². The summed E-state index contributed by atoms with van der Waals surface area (Å²) in [5.74, 6) is 1.51. The van der Waals surface area contributed by atoms with Crippen molar-refractivity contribution in [1.29, 1.82) is 0 Å². The molecule has 1 aromatic rings. The average Bonchev–Trinajstić information content (AvgIpc) is 2.17. The molecule has 1 rings (SSSR count). The highest BCUT2D eigenvalue weighted by Gasteiger charge is 2.03. The molecule has 0 aliphatic carbocycles. The van der Waals surface area contributed by atoms with Crippen molar-refractivity contribution in [3.8, 4) is 5.75 Å². The molecule has 0 saturated carbocycles. The molecule has 0 atom stereocenters. The van der Waals surface area contributed by atoms with E-state index in [1.165, 1.54) is 0 Å². The minimum absolute atomic E-state index is 0.560. The van der Waals surface area contributed by atoms with Crippen LogP contribution in [-0.2, 0) is 6.42 Å². The van der Waals surface area contributed by atoms with Gasteiger partial charge < -0.3 is 4.74 Å². The normalized spacial score (nSPS) is 10.6. The van der Waals surface area contributed by atoms with Gasteiger partial charge in [-0.1, -0.05) is 27.2 Å². The summed E-state index contributed by atoms with van der Waals surface area (Å²) in [4.78, 5) is 4.32. The highest BCUT2D eigenvalue weighted by atomic mass is 16.5. The molecule has 0 radical (unpaired) electrons. The second-order valence-electron chi connectivity index (χ2n) is 3.90. The highest BCUT2D eigenvalue weighted by Crippen LogP contribution is 2.17. The van der Waals surface area contributed by atoms with Crippen LogP contribution in [0.5, 0.6) is 5.75 Å². The average molecular weight is 193 g/mol. The molecule has 0 bridgehead atoms. The Labute approximate surface area is 86.3 Å². The molecule has 0 aromatic carbocycles. The van der Waals surface area contributed by atoms with Crippen LogP contribution >= 0.6 is 0 Å². The van der Waals surface area contributed by atoms with Gasteiger partial charge in [-0.25, -0.2) is 0 Å². The van der Waals surface area contributed by atoms with Crippen molar-refractivity contribution >= 4 is 0 Å². The molecule has 0 unspecified atom stereocenters. The van der Waals surface area contributed by atoms with E-state index in [9.17, 15) is 0 Å². The lowest BCUT2D eigenvalue weighted by atomic mass is 10.2. The summed E-state index contributed by atoms with van der Waals surface area (Å²) < 4.78 is 5.69. The number of pyridine rings is 1. The summed E-state index contributed by atoms with van der Waals surface area (Å²) in [5.41, 5.74) is 1.08. The van der Waals surface area contributed by atoms with Gasteiger partial charge in [0.1, 0.15) is 5.75 Å². The largest absolute Gasteiger partial charge is 0.491 e. The molecule has 2 nitrogen and oxygen atoms in total. The van der Waals surface area contributed by atoms with Gasteiger partial charge in [0.05, 0.1) is 12.3 Å². The molecule has 0 spiro atoms. The first-order valence-electron chi connectivity index (χ1n) is 5.30. The lowest BCUT2D eigenvalue weighted by Crippen LogP contribution is -2.06. The van der Waals surface area contributed by atoms with E-state index in [1.54, 1.807) is 0 Å². The van der Waals surface area contributed by atoms with Gasteiger partial charge >= 0.3 is 0 Å². The van der Waals surface area contributed by atoms with Gasteiger partial charge in [-0.3, -0.25) is 4.98 Å². The van der Waals surface area contributed by atoms with Crippen molar-refractivity contribution in [2.75, 3.05) is 6.61 Å². The molecule has 0 fully saturated rings. The van der Waals surface area contributed by atoms with Gasteiger partial charge in [0.2, 0.25) is 0 Å². The van der Waals surface area contributed by atoms with Crippen molar-refractivity contribution in [2.45, 2.75) is 33.6 Å². The number of hydrogen-bond acceptors (Lipinski definition) is 2.